The zero-order valence-electron chi connectivity index (χ0n) is 8.76. The Kier molecular flexibility index (Phi) is 2.92. The summed E-state index contributed by atoms with van der Waals surface area (Å²) in [7, 11) is -2.40. The van der Waals surface area contributed by atoms with Gasteiger partial charge in [0.15, 0.2) is 5.03 Å². The van der Waals surface area contributed by atoms with Gasteiger partial charge in [0.1, 0.15) is 10.7 Å². The summed E-state index contributed by atoms with van der Waals surface area (Å²) >= 11 is 5.72. The minimum absolute atomic E-state index is 0.157. The zero-order chi connectivity index (χ0) is 12.6. The molecule has 4 nitrogen and oxygen atoms in total. The maximum Gasteiger partial charge on any atom is 0.229 e. The first-order chi connectivity index (χ1) is 7.93. The number of aromatic nitrogens is 2. The molecule has 17 heavy (non-hydrogen) atoms. The van der Waals surface area contributed by atoms with Crippen LogP contribution in [0.2, 0.25) is 5.02 Å². The summed E-state index contributed by atoms with van der Waals surface area (Å²) in [4.78, 5) is 3.15. The molecular weight excluding hydrogens is 267 g/mol. The third-order valence-corrected chi connectivity index (χ3v) is 4.29. The maximum absolute atomic E-state index is 13.5. The molecule has 0 radical (unpaired) electrons. The highest BCUT2D eigenvalue weighted by Crippen LogP contribution is 2.28. The molecule has 0 saturated heterocycles. The van der Waals surface area contributed by atoms with Crippen molar-refractivity contribution in [1.29, 1.82) is 0 Å². The number of rotatable bonds is 2. The highest BCUT2D eigenvalue weighted by Gasteiger charge is 2.26. The Labute approximate surface area is 103 Å². The van der Waals surface area contributed by atoms with Gasteiger partial charge in [0, 0.05) is 13.2 Å². The van der Waals surface area contributed by atoms with Gasteiger partial charge in [-0.2, -0.15) is 0 Å². The molecular formula is C10H8ClFN2O2S. The van der Waals surface area contributed by atoms with E-state index in [1.807, 2.05) is 0 Å². The summed E-state index contributed by atoms with van der Waals surface area (Å²) in [5.41, 5.74) is 0. The van der Waals surface area contributed by atoms with Crippen molar-refractivity contribution in [2.45, 2.75) is 9.92 Å². The van der Waals surface area contributed by atoms with Crippen molar-refractivity contribution in [2.75, 3.05) is 0 Å². The van der Waals surface area contributed by atoms with Gasteiger partial charge in [-0.1, -0.05) is 17.7 Å². The highest BCUT2D eigenvalue weighted by atomic mass is 35.5. The van der Waals surface area contributed by atoms with Gasteiger partial charge in [-0.3, -0.25) is 0 Å². The van der Waals surface area contributed by atoms with Crippen molar-refractivity contribution in [1.82, 2.24) is 9.55 Å². The van der Waals surface area contributed by atoms with E-state index in [2.05, 4.69) is 4.98 Å². The van der Waals surface area contributed by atoms with Crippen LogP contribution in [-0.2, 0) is 16.9 Å². The van der Waals surface area contributed by atoms with Crippen LogP contribution in [0.4, 0.5) is 4.39 Å². The van der Waals surface area contributed by atoms with Crippen LogP contribution in [-0.4, -0.2) is 18.0 Å². The van der Waals surface area contributed by atoms with Crippen LogP contribution in [0.25, 0.3) is 0 Å². The van der Waals surface area contributed by atoms with Crippen molar-refractivity contribution in [3.63, 3.8) is 0 Å². The Balaban J connectivity index is 2.68. The maximum atomic E-state index is 13.5. The molecule has 0 fully saturated rings. The van der Waals surface area contributed by atoms with Crippen LogP contribution in [0, 0.1) is 5.82 Å². The van der Waals surface area contributed by atoms with Gasteiger partial charge >= 0.3 is 0 Å². The number of hydrogen-bond acceptors (Lipinski definition) is 3. The molecule has 0 aliphatic carbocycles. The highest BCUT2D eigenvalue weighted by molar-refractivity contribution is 7.91. The molecule has 1 aromatic heterocycles. The molecule has 0 aliphatic heterocycles. The smallest absolute Gasteiger partial charge is 0.229 e. The van der Waals surface area contributed by atoms with Gasteiger partial charge < -0.3 is 4.57 Å². The molecule has 0 amide bonds. The molecule has 0 saturated carbocycles. The molecule has 1 heterocycles. The SMILES string of the molecule is Cn1cnc(S(=O)(=O)c2c(F)cccc2Cl)c1. The minimum atomic E-state index is -4.02. The van der Waals surface area contributed by atoms with Crippen LogP contribution in [0.3, 0.4) is 0 Å². The fourth-order valence-corrected chi connectivity index (χ4v) is 3.19. The van der Waals surface area contributed by atoms with Crippen molar-refractivity contribution >= 4 is 21.4 Å². The molecule has 2 rings (SSSR count). The second-order valence-electron chi connectivity index (χ2n) is 3.43. The lowest BCUT2D eigenvalue weighted by molar-refractivity contribution is 0.565. The molecule has 2 aromatic rings. The third-order valence-electron chi connectivity index (χ3n) is 2.14. The quantitative estimate of drug-likeness (QED) is 0.842. The van der Waals surface area contributed by atoms with Crippen LogP contribution >= 0.6 is 11.6 Å². The van der Waals surface area contributed by atoms with Gasteiger partial charge in [-0.05, 0) is 12.1 Å². The summed E-state index contributed by atoms with van der Waals surface area (Å²) < 4.78 is 39.2. The summed E-state index contributed by atoms with van der Waals surface area (Å²) in [5, 5.41) is -0.386. The lowest BCUT2D eigenvalue weighted by Gasteiger charge is -2.04. The number of nitrogens with zero attached hydrogens (tertiary/aromatic N) is 2. The van der Waals surface area contributed by atoms with Crippen molar-refractivity contribution in [2.24, 2.45) is 7.05 Å². The Morgan fingerprint density at radius 1 is 1.41 bits per heavy atom. The minimum Gasteiger partial charge on any atom is -0.339 e. The largest absolute Gasteiger partial charge is 0.339 e. The van der Waals surface area contributed by atoms with E-state index >= 15 is 0 Å². The first-order valence-corrected chi connectivity index (χ1v) is 6.46. The molecule has 0 bridgehead atoms. The second-order valence-corrected chi connectivity index (χ2v) is 5.67. The summed E-state index contributed by atoms with van der Waals surface area (Å²) in [6.45, 7) is 0. The molecule has 1 aromatic carbocycles. The van der Waals surface area contributed by atoms with Gasteiger partial charge in [0.25, 0.3) is 0 Å². The number of halogens is 2. The fraction of sp³-hybridized carbons (Fsp3) is 0.100. The number of benzene rings is 1. The first kappa shape index (κ1) is 12.1. The van der Waals surface area contributed by atoms with Crippen LogP contribution in [0.15, 0.2) is 40.6 Å². The molecule has 90 valence electrons. The molecule has 0 unspecified atom stereocenters. The van der Waals surface area contributed by atoms with Crippen LogP contribution < -0.4 is 0 Å². The van der Waals surface area contributed by atoms with E-state index in [4.69, 9.17) is 11.6 Å². The van der Waals surface area contributed by atoms with Crippen molar-refractivity contribution in [3.05, 3.63) is 41.6 Å². The Morgan fingerprint density at radius 3 is 2.65 bits per heavy atom. The van der Waals surface area contributed by atoms with Crippen molar-refractivity contribution in [3.8, 4) is 0 Å². The van der Waals surface area contributed by atoms with Gasteiger partial charge in [-0.15, -0.1) is 0 Å². The molecule has 0 spiro atoms. The third kappa shape index (κ3) is 2.05. The Morgan fingerprint density at radius 2 is 2.12 bits per heavy atom. The van der Waals surface area contributed by atoms with E-state index in [1.54, 1.807) is 7.05 Å². The van der Waals surface area contributed by atoms with Gasteiger partial charge in [-0.25, -0.2) is 17.8 Å². The predicted molar refractivity (Wildman–Crippen MR) is 60.1 cm³/mol. The lowest BCUT2D eigenvalue weighted by atomic mass is 10.3. The first-order valence-electron chi connectivity index (χ1n) is 4.60. The average molecular weight is 275 g/mol. The molecule has 0 aliphatic rings. The Hall–Kier alpha value is -1.40. The summed E-state index contributed by atoms with van der Waals surface area (Å²) in [5.74, 6) is -0.886. The lowest BCUT2D eigenvalue weighted by Crippen LogP contribution is -2.06. The van der Waals surface area contributed by atoms with E-state index in [9.17, 15) is 12.8 Å². The molecule has 0 N–H and O–H groups in total. The zero-order valence-corrected chi connectivity index (χ0v) is 10.3. The van der Waals surface area contributed by atoms with E-state index in [-0.39, 0.29) is 10.0 Å². The standard InChI is InChI=1S/C10H8ClFN2O2S/c1-14-5-9(13-6-14)17(15,16)10-7(11)3-2-4-8(10)12/h2-6H,1H3. The van der Waals surface area contributed by atoms with Crippen molar-refractivity contribution < 1.29 is 12.8 Å². The topological polar surface area (TPSA) is 52.0 Å². The van der Waals surface area contributed by atoms with Crippen LogP contribution in [0.5, 0.6) is 0 Å². The van der Waals surface area contributed by atoms with Gasteiger partial charge in [0.2, 0.25) is 9.84 Å². The molecule has 7 heteroatoms. The fourth-order valence-electron chi connectivity index (χ4n) is 1.37. The van der Waals surface area contributed by atoms with Gasteiger partial charge in [0.05, 0.1) is 11.3 Å². The summed E-state index contributed by atoms with van der Waals surface area (Å²) in [6.07, 6.45) is 2.61. The predicted octanol–water partition coefficient (Wildman–Crippen LogP) is 2.05. The number of hydrogen-bond donors (Lipinski definition) is 0. The molecule has 0 atom stereocenters. The van der Waals surface area contributed by atoms with E-state index in [1.165, 1.54) is 29.2 Å². The van der Waals surface area contributed by atoms with Crippen LogP contribution in [0.1, 0.15) is 0 Å². The average Bonchev–Trinajstić information content (AvgIpc) is 2.64. The summed E-state index contributed by atoms with van der Waals surface area (Å²) in [6, 6.07) is 3.71. The monoisotopic (exact) mass is 274 g/mol. The van der Waals surface area contributed by atoms with E-state index < -0.39 is 20.5 Å². The number of aryl methyl sites for hydroxylation is 1. The number of imidazole rings is 1. The van der Waals surface area contributed by atoms with E-state index in [0.717, 1.165) is 6.07 Å². The Bertz CT molecular complexity index is 646. The van der Waals surface area contributed by atoms with E-state index in [0.29, 0.717) is 0 Å². The second kappa shape index (κ2) is 4.12. The normalized spacial score (nSPS) is 11.7. The number of sulfone groups is 1.